The van der Waals surface area contributed by atoms with E-state index in [4.69, 9.17) is 5.73 Å². The summed E-state index contributed by atoms with van der Waals surface area (Å²) in [6.45, 7) is 2.73. The van der Waals surface area contributed by atoms with E-state index < -0.39 is 5.91 Å². The molecule has 1 saturated heterocycles. The SMILES string of the molecule is Cc1cc([C@@H]2CCCN2C(=O)CC(N)=O)ccc1Br. The van der Waals surface area contributed by atoms with Gasteiger partial charge in [-0.1, -0.05) is 28.1 Å². The Kier molecular flexibility index (Phi) is 4.24. The first-order valence-electron chi connectivity index (χ1n) is 6.33. The fourth-order valence-electron chi connectivity index (χ4n) is 2.54. The molecule has 4 nitrogen and oxygen atoms in total. The first-order valence-corrected chi connectivity index (χ1v) is 7.12. The molecule has 0 unspecified atom stereocenters. The van der Waals surface area contributed by atoms with Crippen LogP contribution in [-0.2, 0) is 9.59 Å². The lowest BCUT2D eigenvalue weighted by Gasteiger charge is -2.25. The van der Waals surface area contributed by atoms with Gasteiger partial charge in [0.1, 0.15) is 6.42 Å². The van der Waals surface area contributed by atoms with Gasteiger partial charge in [-0.15, -0.1) is 0 Å². The van der Waals surface area contributed by atoms with Gasteiger partial charge in [0.05, 0.1) is 6.04 Å². The van der Waals surface area contributed by atoms with E-state index >= 15 is 0 Å². The first-order chi connectivity index (χ1) is 8.99. The van der Waals surface area contributed by atoms with E-state index in [0.29, 0.717) is 6.54 Å². The van der Waals surface area contributed by atoms with Crippen LogP contribution in [0.3, 0.4) is 0 Å². The maximum absolute atomic E-state index is 12.0. The Labute approximate surface area is 121 Å². The number of benzene rings is 1. The van der Waals surface area contributed by atoms with Crippen LogP contribution in [-0.4, -0.2) is 23.3 Å². The highest BCUT2D eigenvalue weighted by atomic mass is 79.9. The number of carbonyl (C=O) groups excluding carboxylic acids is 2. The molecule has 5 heteroatoms. The van der Waals surface area contributed by atoms with Gasteiger partial charge in [-0.25, -0.2) is 0 Å². The van der Waals surface area contributed by atoms with Crippen LogP contribution in [0.1, 0.15) is 36.4 Å². The standard InChI is InChI=1S/C14H17BrN2O2/c1-9-7-10(4-5-11(9)15)12-3-2-6-17(12)14(19)8-13(16)18/h4-5,7,12H,2-3,6,8H2,1H3,(H2,16,18)/t12-/m0/s1. The van der Waals surface area contributed by atoms with E-state index in [1.165, 1.54) is 0 Å². The zero-order chi connectivity index (χ0) is 14.0. The Hall–Kier alpha value is -1.36. The highest BCUT2D eigenvalue weighted by Gasteiger charge is 2.30. The van der Waals surface area contributed by atoms with Crippen LogP contribution in [0.15, 0.2) is 22.7 Å². The van der Waals surface area contributed by atoms with Crippen molar-refractivity contribution in [1.29, 1.82) is 0 Å². The fourth-order valence-corrected chi connectivity index (χ4v) is 2.78. The maximum Gasteiger partial charge on any atom is 0.232 e. The molecule has 0 aromatic heterocycles. The summed E-state index contributed by atoms with van der Waals surface area (Å²) < 4.78 is 1.06. The first kappa shape index (κ1) is 14.1. The minimum Gasteiger partial charge on any atom is -0.369 e. The molecule has 19 heavy (non-hydrogen) atoms. The summed E-state index contributed by atoms with van der Waals surface area (Å²) in [5.74, 6) is -0.738. The van der Waals surface area contributed by atoms with Gasteiger partial charge in [0.15, 0.2) is 0 Å². The second-order valence-corrected chi connectivity index (χ2v) is 5.75. The number of amides is 2. The van der Waals surface area contributed by atoms with Crippen molar-refractivity contribution in [1.82, 2.24) is 4.90 Å². The van der Waals surface area contributed by atoms with Crippen molar-refractivity contribution in [2.24, 2.45) is 5.73 Å². The number of nitrogens with two attached hydrogens (primary N) is 1. The third-order valence-corrected chi connectivity index (χ3v) is 4.36. The Balaban J connectivity index is 2.20. The molecule has 1 fully saturated rings. The van der Waals surface area contributed by atoms with Crippen LogP contribution >= 0.6 is 15.9 Å². The number of aryl methyl sites for hydroxylation is 1. The van der Waals surface area contributed by atoms with Crippen molar-refractivity contribution in [2.75, 3.05) is 6.54 Å². The average Bonchev–Trinajstić information content (AvgIpc) is 2.81. The second-order valence-electron chi connectivity index (χ2n) is 4.90. The van der Waals surface area contributed by atoms with Crippen LogP contribution in [0.4, 0.5) is 0 Å². The third-order valence-electron chi connectivity index (χ3n) is 3.47. The molecular weight excluding hydrogens is 308 g/mol. The monoisotopic (exact) mass is 324 g/mol. The van der Waals surface area contributed by atoms with Gasteiger partial charge in [0.25, 0.3) is 0 Å². The summed E-state index contributed by atoms with van der Waals surface area (Å²) in [5.41, 5.74) is 7.36. The minimum atomic E-state index is -0.567. The normalized spacial score (nSPS) is 18.6. The van der Waals surface area contributed by atoms with Crippen molar-refractivity contribution in [3.05, 3.63) is 33.8 Å². The summed E-state index contributed by atoms with van der Waals surface area (Å²) in [5, 5.41) is 0. The van der Waals surface area contributed by atoms with Crippen molar-refractivity contribution < 1.29 is 9.59 Å². The predicted octanol–water partition coefficient (Wildman–Crippen LogP) is 2.30. The number of rotatable bonds is 3. The molecule has 1 aromatic carbocycles. The molecule has 102 valence electrons. The summed E-state index contributed by atoms with van der Waals surface area (Å²) in [6, 6.07) is 6.18. The molecule has 0 radical (unpaired) electrons. The smallest absolute Gasteiger partial charge is 0.232 e. The third kappa shape index (κ3) is 3.15. The molecule has 0 saturated carbocycles. The molecule has 2 N–H and O–H groups in total. The average molecular weight is 325 g/mol. The van der Waals surface area contributed by atoms with Crippen LogP contribution in [0.2, 0.25) is 0 Å². The largest absolute Gasteiger partial charge is 0.369 e. The zero-order valence-electron chi connectivity index (χ0n) is 10.9. The van der Waals surface area contributed by atoms with Gasteiger partial charge in [0.2, 0.25) is 11.8 Å². The van der Waals surface area contributed by atoms with E-state index in [-0.39, 0.29) is 18.4 Å². The van der Waals surface area contributed by atoms with E-state index in [9.17, 15) is 9.59 Å². The van der Waals surface area contributed by atoms with Gasteiger partial charge in [0, 0.05) is 11.0 Å². The molecule has 1 aromatic rings. The zero-order valence-corrected chi connectivity index (χ0v) is 12.4. The van der Waals surface area contributed by atoms with Crippen LogP contribution in [0, 0.1) is 6.92 Å². The Morgan fingerprint density at radius 3 is 2.84 bits per heavy atom. The predicted molar refractivity (Wildman–Crippen MR) is 76.4 cm³/mol. The number of likely N-dealkylation sites (tertiary alicyclic amines) is 1. The van der Waals surface area contributed by atoms with Crippen LogP contribution in [0.25, 0.3) is 0 Å². The van der Waals surface area contributed by atoms with E-state index in [1.54, 1.807) is 4.90 Å². The maximum atomic E-state index is 12.0. The van der Waals surface area contributed by atoms with E-state index in [2.05, 4.69) is 22.0 Å². The number of halogens is 1. The van der Waals surface area contributed by atoms with E-state index in [0.717, 1.165) is 28.4 Å². The van der Waals surface area contributed by atoms with Crippen molar-refractivity contribution in [2.45, 2.75) is 32.2 Å². The molecule has 0 aliphatic carbocycles. The molecule has 1 aliphatic rings. The van der Waals surface area contributed by atoms with Gasteiger partial charge >= 0.3 is 0 Å². The molecule has 1 atom stereocenters. The molecule has 2 rings (SSSR count). The van der Waals surface area contributed by atoms with Gasteiger partial charge in [-0.2, -0.15) is 0 Å². The summed E-state index contributed by atoms with van der Waals surface area (Å²) in [7, 11) is 0. The summed E-state index contributed by atoms with van der Waals surface area (Å²) in [4.78, 5) is 24.7. The second kappa shape index (κ2) is 5.74. The number of carbonyl (C=O) groups is 2. The minimum absolute atomic E-state index is 0.0682. The lowest BCUT2D eigenvalue weighted by atomic mass is 10.0. The lowest BCUT2D eigenvalue weighted by Crippen LogP contribution is -2.33. The molecule has 1 aliphatic heterocycles. The quantitative estimate of drug-likeness (QED) is 0.867. The summed E-state index contributed by atoms with van der Waals surface area (Å²) in [6.07, 6.45) is 1.70. The van der Waals surface area contributed by atoms with Crippen molar-refractivity contribution in [3.63, 3.8) is 0 Å². The molecule has 0 bridgehead atoms. The van der Waals surface area contributed by atoms with Gasteiger partial charge < -0.3 is 10.6 Å². The topological polar surface area (TPSA) is 63.4 Å². The van der Waals surface area contributed by atoms with Gasteiger partial charge in [-0.3, -0.25) is 9.59 Å². The highest BCUT2D eigenvalue weighted by molar-refractivity contribution is 9.10. The Bertz CT molecular complexity index is 516. The number of nitrogens with zero attached hydrogens (tertiary/aromatic N) is 1. The molecule has 0 spiro atoms. The molecular formula is C14H17BrN2O2. The Morgan fingerprint density at radius 1 is 1.47 bits per heavy atom. The fraction of sp³-hybridized carbons (Fsp3) is 0.429. The van der Waals surface area contributed by atoms with Crippen molar-refractivity contribution in [3.8, 4) is 0 Å². The summed E-state index contributed by atoms with van der Waals surface area (Å²) >= 11 is 3.47. The van der Waals surface area contributed by atoms with Gasteiger partial charge in [-0.05, 0) is 37.0 Å². The molecule has 1 heterocycles. The molecule has 2 amide bonds. The Morgan fingerprint density at radius 2 is 2.21 bits per heavy atom. The number of primary amides is 1. The van der Waals surface area contributed by atoms with Crippen LogP contribution in [0.5, 0.6) is 0 Å². The van der Waals surface area contributed by atoms with Crippen molar-refractivity contribution >= 4 is 27.7 Å². The lowest BCUT2D eigenvalue weighted by molar-refractivity contribution is -0.135. The highest BCUT2D eigenvalue weighted by Crippen LogP contribution is 2.33. The number of hydrogen-bond acceptors (Lipinski definition) is 2. The van der Waals surface area contributed by atoms with E-state index in [1.807, 2.05) is 19.1 Å². The number of hydrogen-bond donors (Lipinski definition) is 1. The van der Waals surface area contributed by atoms with Crippen LogP contribution < -0.4 is 5.73 Å².